The van der Waals surface area contributed by atoms with E-state index in [-0.39, 0.29) is 18.5 Å². The van der Waals surface area contributed by atoms with Crippen molar-refractivity contribution in [1.82, 2.24) is 24.6 Å². The topological polar surface area (TPSA) is 95.0 Å². The molecule has 0 radical (unpaired) electrons. The molecule has 0 fully saturated rings. The fourth-order valence-electron chi connectivity index (χ4n) is 3.34. The maximum atomic E-state index is 12.4. The first-order valence-corrected chi connectivity index (χ1v) is 8.44. The zero-order valence-corrected chi connectivity index (χ0v) is 13.9. The molecule has 1 aliphatic rings. The fraction of sp³-hybridized carbons (Fsp3) is 0.412. The molecule has 0 aliphatic carbocycles. The highest BCUT2D eigenvalue weighted by Crippen LogP contribution is 2.16. The lowest BCUT2D eigenvalue weighted by atomic mass is 10.1. The molecule has 1 unspecified atom stereocenters. The Kier molecular flexibility index (Phi) is 3.87. The van der Waals surface area contributed by atoms with Crippen molar-refractivity contribution in [2.24, 2.45) is 0 Å². The number of fused-ring (bicyclic) bond motifs is 2. The van der Waals surface area contributed by atoms with E-state index in [1.54, 1.807) is 18.2 Å². The number of nitrogens with zero attached hydrogens (tertiary/aromatic N) is 4. The van der Waals surface area contributed by atoms with E-state index in [4.69, 9.17) is 4.42 Å². The van der Waals surface area contributed by atoms with Gasteiger partial charge in [0.05, 0.1) is 5.52 Å². The number of para-hydroxylation sites is 2. The molecule has 0 saturated heterocycles. The zero-order chi connectivity index (χ0) is 17.4. The number of carbonyl (C=O) groups excluding carboxylic acids is 1. The van der Waals surface area contributed by atoms with Crippen molar-refractivity contribution in [2.75, 3.05) is 0 Å². The highest BCUT2D eigenvalue weighted by atomic mass is 16.4. The van der Waals surface area contributed by atoms with Crippen molar-refractivity contribution in [3.63, 3.8) is 0 Å². The van der Waals surface area contributed by atoms with Gasteiger partial charge in [0.2, 0.25) is 5.91 Å². The van der Waals surface area contributed by atoms with E-state index in [0.29, 0.717) is 17.6 Å². The van der Waals surface area contributed by atoms with Crippen LogP contribution in [0.1, 0.15) is 25.0 Å². The van der Waals surface area contributed by atoms with Gasteiger partial charge in [-0.25, -0.2) is 4.79 Å². The molecular weight excluding hydrogens is 322 g/mol. The van der Waals surface area contributed by atoms with Crippen LogP contribution in [0.25, 0.3) is 11.1 Å². The lowest BCUT2D eigenvalue weighted by Gasteiger charge is -2.25. The van der Waals surface area contributed by atoms with E-state index in [9.17, 15) is 9.59 Å². The first-order valence-electron chi connectivity index (χ1n) is 8.44. The van der Waals surface area contributed by atoms with Crippen molar-refractivity contribution in [2.45, 2.75) is 45.3 Å². The third-order valence-electron chi connectivity index (χ3n) is 4.58. The monoisotopic (exact) mass is 341 g/mol. The van der Waals surface area contributed by atoms with Crippen LogP contribution in [-0.4, -0.2) is 31.3 Å². The Morgan fingerprint density at radius 1 is 1.36 bits per heavy atom. The van der Waals surface area contributed by atoms with E-state index in [1.165, 1.54) is 4.57 Å². The summed E-state index contributed by atoms with van der Waals surface area (Å²) in [6.07, 6.45) is 2.41. The molecule has 1 atom stereocenters. The van der Waals surface area contributed by atoms with Gasteiger partial charge in [0.25, 0.3) is 0 Å². The first-order chi connectivity index (χ1) is 12.2. The largest absolute Gasteiger partial charge is 0.420 e. The SMILES string of the molecule is CCc1nnc2n1CC(NC(=O)Cn1c(=O)oc3ccccc31)CC2. The van der Waals surface area contributed by atoms with Crippen LogP contribution in [0.5, 0.6) is 0 Å². The number of carbonyl (C=O) groups is 1. The molecule has 1 aromatic carbocycles. The standard InChI is InChI=1S/C17H19N5O3/c1-2-14-19-20-15-8-7-11(9-22(14)15)18-16(23)10-21-12-5-3-4-6-13(12)25-17(21)24/h3-6,11H,2,7-10H2,1H3,(H,18,23). The predicted octanol–water partition coefficient (Wildman–Crippen LogP) is 0.880. The molecule has 2 aromatic heterocycles. The first kappa shape index (κ1) is 15.6. The Morgan fingerprint density at radius 3 is 3.04 bits per heavy atom. The number of hydrogen-bond donors (Lipinski definition) is 1. The second kappa shape index (κ2) is 6.19. The summed E-state index contributed by atoms with van der Waals surface area (Å²) in [4.78, 5) is 24.4. The third kappa shape index (κ3) is 2.84. The molecule has 8 nitrogen and oxygen atoms in total. The highest BCUT2D eigenvalue weighted by Gasteiger charge is 2.24. The number of rotatable bonds is 4. The lowest BCUT2D eigenvalue weighted by molar-refractivity contribution is -0.122. The second-order valence-electron chi connectivity index (χ2n) is 6.22. The number of nitrogens with one attached hydrogen (secondary N) is 1. The molecule has 1 N–H and O–H groups in total. The molecule has 0 bridgehead atoms. The van der Waals surface area contributed by atoms with Gasteiger partial charge in [0, 0.05) is 25.4 Å². The van der Waals surface area contributed by atoms with Crippen LogP contribution in [-0.2, 0) is 30.7 Å². The van der Waals surface area contributed by atoms with Crippen LogP contribution in [0.15, 0.2) is 33.5 Å². The summed E-state index contributed by atoms with van der Waals surface area (Å²) in [7, 11) is 0. The summed E-state index contributed by atoms with van der Waals surface area (Å²) in [6.45, 7) is 2.65. The van der Waals surface area contributed by atoms with Gasteiger partial charge in [-0.3, -0.25) is 9.36 Å². The van der Waals surface area contributed by atoms with Gasteiger partial charge >= 0.3 is 5.76 Å². The third-order valence-corrected chi connectivity index (χ3v) is 4.58. The van der Waals surface area contributed by atoms with Crippen LogP contribution >= 0.6 is 0 Å². The average molecular weight is 341 g/mol. The summed E-state index contributed by atoms with van der Waals surface area (Å²) in [5, 5.41) is 11.4. The Hall–Kier alpha value is -2.90. The molecule has 3 heterocycles. The molecule has 0 spiro atoms. The Bertz CT molecular complexity index is 970. The Balaban J connectivity index is 1.48. The van der Waals surface area contributed by atoms with Gasteiger partial charge < -0.3 is 14.3 Å². The smallest absolute Gasteiger partial charge is 0.408 e. The molecule has 0 saturated carbocycles. The summed E-state index contributed by atoms with van der Waals surface area (Å²) in [6, 6.07) is 7.10. The molecule has 25 heavy (non-hydrogen) atoms. The van der Waals surface area contributed by atoms with Crippen molar-refractivity contribution in [1.29, 1.82) is 0 Å². The highest BCUT2D eigenvalue weighted by molar-refractivity contribution is 5.79. The number of hydrogen-bond acceptors (Lipinski definition) is 5. The van der Waals surface area contributed by atoms with Gasteiger partial charge in [-0.05, 0) is 18.6 Å². The van der Waals surface area contributed by atoms with E-state index < -0.39 is 5.76 Å². The van der Waals surface area contributed by atoms with E-state index in [1.807, 2.05) is 13.0 Å². The van der Waals surface area contributed by atoms with Crippen molar-refractivity contribution < 1.29 is 9.21 Å². The summed E-state index contributed by atoms with van der Waals surface area (Å²) in [5.74, 6) is 1.19. The van der Waals surface area contributed by atoms with Crippen LogP contribution in [0, 0.1) is 0 Å². The minimum absolute atomic E-state index is 0.00941. The summed E-state index contributed by atoms with van der Waals surface area (Å²) >= 11 is 0. The van der Waals surface area contributed by atoms with Gasteiger partial charge in [-0.2, -0.15) is 0 Å². The maximum absolute atomic E-state index is 12.4. The van der Waals surface area contributed by atoms with E-state index in [2.05, 4.69) is 20.1 Å². The number of aryl methyl sites for hydroxylation is 2. The normalized spacial score (nSPS) is 16.8. The second-order valence-corrected chi connectivity index (χ2v) is 6.22. The van der Waals surface area contributed by atoms with Gasteiger partial charge in [-0.1, -0.05) is 19.1 Å². The van der Waals surface area contributed by atoms with Crippen molar-refractivity contribution >= 4 is 17.0 Å². The summed E-state index contributed by atoms with van der Waals surface area (Å²) in [5.41, 5.74) is 1.11. The van der Waals surface area contributed by atoms with Gasteiger partial charge in [0.15, 0.2) is 5.58 Å². The molecule has 1 amide bonds. The van der Waals surface area contributed by atoms with E-state index in [0.717, 1.165) is 30.9 Å². The van der Waals surface area contributed by atoms with Crippen LogP contribution in [0.3, 0.4) is 0 Å². The predicted molar refractivity (Wildman–Crippen MR) is 90.1 cm³/mol. The lowest BCUT2D eigenvalue weighted by Crippen LogP contribution is -2.43. The molecular formula is C17H19N5O3. The van der Waals surface area contributed by atoms with E-state index >= 15 is 0 Å². The van der Waals surface area contributed by atoms with Crippen LogP contribution in [0.4, 0.5) is 0 Å². The molecule has 8 heteroatoms. The summed E-state index contributed by atoms with van der Waals surface area (Å²) < 4.78 is 8.60. The number of oxazole rings is 1. The minimum Gasteiger partial charge on any atom is -0.408 e. The van der Waals surface area contributed by atoms with Crippen molar-refractivity contribution in [3.05, 3.63) is 46.5 Å². The number of benzene rings is 1. The molecule has 1 aliphatic heterocycles. The fourth-order valence-corrected chi connectivity index (χ4v) is 3.34. The zero-order valence-electron chi connectivity index (χ0n) is 13.9. The molecule has 4 rings (SSSR count). The molecule has 130 valence electrons. The van der Waals surface area contributed by atoms with Crippen LogP contribution in [0.2, 0.25) is 0 Å². The van der Waals surface area contributed by atoms with Gasteiger partial charge in [-0.15, -0.1) is 10.2 Å². The Morgan fingerprint density at radius 2 is 2.20 bits per heavy atom. The maximum Gasteiger partial charge on any atom is 0.420 e. The molecule has 3 aromatic rings. The Labute approximate surface area is 143 Å². The van der Waals surface area contributed by atoms with Gasteiger partial charge in [0.1, 0.15) is 18.2 Å². The van der Waals surface area contributed by atoms with Crippen LogP contribution < -0.4 is 11.1 Å². The quantitative estimate of drug-likeness (QED) is 0.760. The minimum atomic E-state index is -0.519. The average Bonchev–Trinajstić information content (AvgIpc) is 3.15. The number of aromatic nitrogens is 4. The van der Waals surface area contributed by atoms with Crippen molar-refractivity contribution in [3.8, 4) is 0 Å². The number of amides is 1.